The molecule has 42 valence electrons. The van der Waals surface area contributed by atoms with E-state index < -0.39 is 6.17 Å². The van der Waals surface area contributed by atoms with Crippen LogP contribution in [0, 0.1) is 0 Å². The molecule has 0 saturated carbocycles. The predicted molar refractivity (Wildman–Crippen MR) is 35.1 cm³/mol. The fourth-order valence-electron chi connectivity index (χ4n) is 0.678. The Bertz CT molecular complexity index is 60.7. The molecule has 1 heterocycles. The van der Waals surface area contributed by atoms with E-state index in [4.69, 9.17) is 0 Å². The number of halogens is 2. The van der Waals surface area contributed by atoms with E-state index in [1.165, 1.54) is 0 Å². The molecule has 0 N–H and O–H groups in total. The fraction of sp³-hybridized carbons (Fsp3) is 1.00. The summed E-state index contributed by atoms with van der Waals surface area (Å²) in [5, 5.41) is 0. The lowest BCUT2D eigenvalue weighted by Crippen LogP contribution is -2.06. The van der Waals surface area contributed by atoms with Crippen molar-refractivity contribution in [3.63, 3.8) is 0 Å². The Hall–Kier alpha value is 0.620. The number of nitrogens with zero attached hydrogens (tertiary/aromatic N) is 1. The average Bonchev–Trinajstić information content (AvgIpc) is 1.87. The summed E-state index contributed by atoms with van der Waals surface area (Å²) >= 11 is 2.14. The van der Waals surface area contributed by atoms with Crippen molar-refractivity contribution in [1.82, 2.24) is 3.11 Å². The first-order valence-electron chi connectivity index (χ1n) is 2.34. The van der Waals surface area contributed by atoms with Crippen LogP contribution < -0.4 is 0 Å². The lowest BCUT2D eigenvalue weighted by molar-refractivity contribution is 0.352. The number of hydrogen-bond acceptors (Lipinski definition) is 1. The van der Waals surface area contributed by atoms with Gasteiger partial charge in [0.25, 0.3) is 0 Å². The highest BCUT2D eigenvalue weighted by Crippen LogP contribution is 2.14. The van der Waals surface area contributed by atoms with Crippen LogP contribution in [-0.4, -0.2) is 22.4 Å². The monoisotopic (exact) mass is 215 g/mol. The van der Waals surface area contributed by atoms with E-state index in [1.54, 1.807) is 0 Å². The van der Waals surface area contributed by atoms with E-state index in [0.29, 0.717) is 6.54 Å². The normalized spacial score (nSPS) is 34.3. The summed E-state index contributed by atoms with van der Waals surface area (Å²) in [5.74, 6) is 0. The molecule has 1 fully saturated rings. The number of hydrogen-bond donors (Lipinski definition) is 0. The van der Waals surface area contributed by atoms with Gasteiger partial charge < -0.3 is 0 Å². The largest absolute Gasteiger partial charge is 0.246 e. The van der Waals surface area contributed by atoms with Gasteiger partial charge in [0.2, 0.25) is 0 Å². The van der Waals surface area contributed by atoms with Gasteiger partial charge in [0, 0.05) is 36.0 Å². The molecule has 7 heavy (non-hydrogen) atoms. The van der Waals surface area contributed by atoms with Crippen molar-refractivity contribution in [1.29, 1.82) is 0 Å². The first-order valence-corrected chi connectivity index (χ1v) is 3.30. The molecule has 1 atom stereocenters. The number of alkyl halides is 1. The summed E-state index contributed by atoms with van der Waals surface area (Å²) in [6.07, 6.45) is 0.167. The molecule has 1 unspecified atom stereocenters. The standard InChI is InChI=1S/C4H7FIN/c5-4-1-2-7(6)3-4/h4H,1-3H2. The van der Waals surface area contributed by atoms with E-state index in [-0.39, 0.29) is 0 Å². The quantitative estimate of drug-likeness (QED) is 0.435. The minimum atomic E-state index is -0.558. The van der Waals surface area contributed by atoms with Gasteiger partial charge >= 0.3 is 0 Å². The molecule has 1 aliphatic rings. The van der Waals surface area contributed by atoms with Crippen molar-refractivity contribution >= 4 is 22.9 Å². The molecule has 0 spiro atoms. The van der Waals surface area contributed by atoms with E-state index in [1.807, 2.05) is 3.11 Å². The second-order valence-electron chi connectivity index (χ2n) is 1.75. The van der Waals surface area contributed by atoms with Gasteiger partial charge in [-0.05, 0) is 6.42 Å². The molecular weight excluding hydrogens is 208 g/mol. The minimum absolute atomic E-state index is 0.558. The number of rotatable bonds is 0. The van der Waals surface area contributed by atoms with Gasteiger partial charge in [-0.15, -0.1) is 0 Å². The lowest BCUT2D eigenvalue weighted by Gasteiger charge is -1.98. The Balaban J connectivity index is 2.26. The molecule has 1 rings (SSSR count). The SMILES string of the molecule is FC1CCN(I)C1. The third-order valence-electron chi connectivity index (χ3n) is 1.08. The molecule has 0 aliphatic carbocycles. The van der Waals surface area contributed by atoms with Crippen LogP contribution in [0.4, 0.5) is 4.39 Å². The topological polar surface area (TPSA) is 3.24 Å². The van der Waals surface area contributed by atoms with E-state index in [0.717, 1.165) is 13.0 Å². The van der Waals surface area contributed by atoms with Crippen LogP contribution in [0.2, 0.25) is 0 Å². The maximum atomic E-state index is 12.1. The summed E-state index contributed by atoms with van der Waals surface area (Å²) < 4.78 is 14.1. The Labute approximate surface area is 56.4 Å². The second-order valence-corrected chi connectivity index (χ2v) is 3.12. The summed E-state index contributed by atoms with van der Waals surface area (Å²) in [6.45, 7) is 1.54. The van der Waals surface area contributed by atoms with Gasteiger partial charge in [-0.2, -0.15) is 0 Å². The third-order valence-corrected chi connectivity index (χ3v) is 1.96. The van der Waals surface area contributed by atoms with E-state index >= 15 is 0 Å². The van der Waals surface area contributed by atoms with Crippen LogP contribution in [0.15, 0.2) is 0 Å². The van der Waals surface area contributed by atoms with Crippen molar-refractivity contribution in [3.05, 3.63) is 0 Å². The van der Waals surface area contributed by atoms with Gasteiger partial charge in [-0.3, -0.25) is 0 Å². The van der Waals surface area contributed by atoms with Crippen LogP contribution >= 0.6 is 22.9 Å². The van der Waals surface area contributed by atoms with Crippen LogP contribution in [0.3, 0.4) is 0 Å². The van der Waals surface area contributed by atoms with Crippen LogP contribution in [0.1, 0.15) is 6.42 Å². The molecule has 0 aromatic carbocycles. The molecule has 0 aromatic rings. The fourth-order valence-corrected chi connectivity index (χ4v) is 1.38. The zero-order valence-electron chi connectivity index (χ0n) is 3.90. The molecular formula is C4H7FIN. The van der Waals surface area contributed by atoms with Crippen molar-refractivity contribution in [3.8, 4) is 0 Å². The molecule has 0 bridgehead atoms. The summed E-state index contributed by atoms with van der Waals surface area (Å²) in [5.41, 5.74) is 0. The van der Waals surface area contributed by atoms with Crippen LogP contribution in [-0.2, 0) is 0 Å². The van der Waals surface area contributed by atoms with Gasteiger partial charge in [0.15, 0.2) is 0 Å². The highest BCUT2D eigenvalue weighted by molar-refractivity contribution is 14.1. The molecule has 1 saturated heterocycles. The van der Waals surface area contributed by atoms with E-state index in [9.17, 15) is 4.39 Å². The minimum Gasteiger partial charge on any atom is -0.246 e. The Kier molecular flexibility index (Phi) is 1.86. The molecule has 0 amide bonds. The summed E-state index contributed by atoms with van der Waals surface area (Å²) in [7, 11) is 0. The Morgan fingerprint density at radius 1 is 1.71 bits per heavy atom. The van der Waals surface area contributed by atoms with Crippen LogP contribution in [0.5, 0.6) is 0 Å². The maximum Gasteiger partial charge on any atom is 0.115 e. The Morgan fingerprint density at radius 2 is 2.43 bits per heavy atom. The smallest absolute Gasteiger partial charge is 0.115 e. The van der Waals surface area contributed by atoms with Crippen LogP contribution in [0.25, 0.3) is 0 Å². The molecule has 3 heteroatoms. The molecule has 0 radical (unpaired) electrons. The Morgan fingerprint density at radius 3 is 2.57 bits per heavy atom. The molecule has 1 nitrogen and oxygen atoms in total. The van der Waals surface area contributed by atoms with Crippen molar-refractivity contribution in [2.24, 2.45) is 0 Å². The highest BCUT2D eigenvalue weighted by Gasteiger charge is 2.18. The molecule has 1 aliphatic heterocycles. The average molecular weight is 215 g/mol. The van der Waals surface area contributed by atoms with Crippen molar-refractivity contribution in [2.75, 3.05) is 13.1 Å². The van der Waals surface area contributed by atoms with Crippen molar-refractivity contribution < 1.29 is 4.39 Å². The first kappa shape index (κ1) is 5.75. The van der Waals surface area contributed by atoms with Crippen molar-refractivity contribution in [2.45, 2.75) is 12.6 Å². The van der Waals surface area contributed by atoms with Gasteiger partial charge in [-0.25, -0.2) is 7.50 Å². The summed E-state index contributed by atoms with van der Waals surface area (Å²) in [6, 6.07) is 0. The maximum absolute atomic E-state index is 12.1. The summed E-state index contributed by atoms with van der Waals surface area (Å²) in [4.78, 5) is 0. The zero-order valence-corrected chi connectivity index (χ0v) is 6.06. The molecule has 0 aromatic heterocycles. The van der Waals surface area contributed by atoms with E-state index in [2.05, 4.69) is 22.9 Å². The lowest BCUT2D eigenvalue weighted by atomic mass is 10.4. The first-order chi connectivity index (χ1) is 3.29. The third kappa shape index (κ3) is 1.53. The van der Waals surface area contributed by atoms with Gasteiger partial charge in [0.1, 0.15) is 6.17 Å². The van der Waals surface area contributed by atoms with Gasteiger partial charge in [0.05, 0.1) is 0 Å². The highest BCUT2D eigenvalue weighted by atomic mass is 127. The van der Waals surface area contributed by atoms with Gasteiger partial charge in [-0.1, -0.05) is 0 Å². The second kappa shape index (κ2) is 2.26. The predicted octanol–water partition coefficient (Wildman–Crippen LogP) is 1.38. The zero-order chi connectivity index (χ0) is 5.28.